The molecule has 0 aliphatic carbocycles. The summed E-state index contributed by atoms with van der Waals surface area (Å²) >= 11 is 0. The van der Waals surface area contributed by atoms with Crippen LogP contribution in [0, 0.1) is 0 Å². The highest BCUT2D eigenvalue weighted by Crippen LogP contribution is 2.43. The summed E-state index contributed by atoms with van der Waals surface area (Å²) in [6.45, 7) is 11.6. The van der Waals surface area contributed by atoms with Crippen LogP contribution in [0.4, 0.5) is 17.1 Å². The standard InChI is InChI=1S/C33H40N4O4/c1-6-37(7-2)20-19-30(38)36(5)25-17-15-24(16-18-25)34-32(23-13-11-10-12-14-23)31-26-21-28(40-8-3)29(41-9-4)22-27(26)35-33(31)39/h10-18,21-22,34H,6-9,19-20H2,1-5H3,(H,35,39)/b32-31-. The largest absolute Gasteiger partial charge is 0.490 e. The smallest absolute Gasteiger partial charge is 0.258 e. The predicted octanol–water partition coefficient (Wildman–Crippen LogP) is 6.11. The Kier molecular flexibility index (Phi) is 10.0. The average molecular weight is 557 g/mol. The Morgan fingerprint density at radius 3 is 2.12 bits per heavy atom. The van der Waals surface area contributed by atoms with Gasteiger partial charge in [0, 0.05) is 43.0 Å². The molecule has 216 valence electrons. The summed E-state index contributed by atoms with van der Waals surface area (Å²) in [4.78, 5) is 30.1. The van der Waals surface area contributed by atoms with Crippen molar-refractivity contribution in [1.82, 2.24) is 4.90 Å². The highest BCUT2D eigenvalue weighted by Gasteiger charge is 2.30. The van der Waals surface area contributed by atoms with Crippen molar-refractivity contribution in [1.29, 1.82) is 0 Å². The Morgan fingerprint density at radius 1 is 0.878 bits per heavy atom. The van der Waals surface area contributed by atoms with Crippen LogP contribution in [0.3, 0.4) is 0 Å². The van der Waals surface area contributed by atoms with E-state index in [0.29, 0.717) is 48.1 Å². The maximum Gasteiger partial charge on any atom is 0.258 e. The fraction of sp³-hybridized carbons (Fsp3) is 0.333. The molecule has 4 rings (SSSR count). The van der Waals surface area contributed by atoms with Crippen LogP contribution < -0.4 is 25.0 Å². The van der Waals surface area contributed by atoms with E-state index in [0.717, 1.165) is 42.1 Å². The Hall–Kier alpha value is -4.30. The average Bonchev–Trinajstić information content (AvgIpc) is 3.31. The first-order chi connectivity index (χ1) is 19.9. The van der Waals surface area contributed by atoms with Gasteiger partial charge >= 0.3 is 0 Å². The molecule has 0 spiro atoms. The molecular formula is C33H40N4O4. The van der Waals surface area contributed by atoms with Crippen molar-refractivity contribution in [2.45, 2.75) is 34.1 Å². The van der Waals surface area contributed by atoms with E-state index in [2.05, 4.69) is 29.4 Å². The second-order valence-corrected chi connectivity index (χ2v) is 9.68. The van der Waals surface area contributed by atoms with E-state index in [9.17, 15) is 9.59 Å². The molecule has 1 heterocycles. The summed E-state index contributed by atoms with van der Waals surface area (Å²) < 4.78 is 11.6. The number of hydrogen-bond donors (Lipinski definition) is 2. The van der Waals surface area contributed by atoms with E-state index in [4.69, 9.17) is 9.47 Å². The Balaban J connectivity index is 1.66. The van der Waals surface area contributed by atoms with E-state index in [1.54, 1.807) is 11.9 Å². The molecule has 0 bridgehead atoms. The molecule has 0 aromatic heterocycles. The fourth-order valence-corrected chi connectivity index (χ4v) is 4.86. The molecule has 3 aromatic rings. The third kappa shape index (κ3) is 6.89. The predicted molar refractivity (Wildman–Crippen MR) is 167 cm³/mol. The van der Waals surface area contributed by atoms with Crippen LogP contribution in [0.2, 0.25) is 0 Å². The topological polar surface area (TPSA) is 83.1 Å². The molecule has 0 fully saturated rings. The molecule has 8 nitrogen and oxygen atoms in total. The molecule has 0 unspecified atom stereocenters. The van der Waals surface area contributed by atoms with Gasteiger partial charge in [0.2, 0.25) is 5.91 Å². The lowest BCUT2D eigenvalue weighted by atomic mass is 9.99. The number of ether oxygens (including phenoxy) is 2. The number of rotatable bonds is 13. The number of carbonyl (C=O) groups is 2. The van der Waals surface area contributed by atoms with E-state index < -0.39 is 0 Å². The van der Waals surface area contributed by atoms with Gasteiger partial charge in [0.15, 0.2) is 11.5 Å². The molecular weight excluding hydrogens is 516 g/mol. The van der Waals surface area contributed by atoms with Crippen LogP contribution in [0.1, 0.15) is 45.2 Å². The van der Waals surface area contributed by atoms with Crippen molar-refractivity contribution in [3.8, 4) is 11.5 Å². The van der Waals surface area contributed by atoms with Crippen molar-refractivity contribution in [2.75, 3.05) is 55.4 Å². The Bertz CT molecular complexity index is 1380. The number of nitrogens with one attached hydrogen (secondary N) is 2. The molecule has 1 aliphatic heterocycles. The van der Waals surface area contributed by atoms with Crippen LogP contribution in [0.5, 0.6) is 11.5 Å². The summed E-state index contributed by atoms with van der Waals surface area (Å²) in [5.74, 6) is 1.04. The first kappa shape index (κ1) is 29.7. The van der Waals surface area contributed by atoms with Gasteiger partial charge in [0.05, 0.1) is 30.2 Å². The van der Waals surface area contributed by atoms with Gasteiger partial charge in [0.1, 0.15) is 0 Å². The summed E-state index contributed by atoms with van der Waals surface area (Å²) in [6, 6.07) is 21.1. The maximum atomic E-state index is 13.4. The summed E-state index contributed by atoms with van der Waals surface area (Å²) in [6.07, 6.45) is 0.464. The molecule has 2 N–H and O–H groups in total. The molecule has 1 aliphatic rings. The van der Waals surface area contributed by atoms with Gasteiger partial charge in [-0.25, -0.2) is 0 Å². The molecule has 3 aromatic carbocycles. The lowest BCUT2D eigenvalue weighted by Gasteiger charge is -2.22. The third-order valence-electron chi connectivity index (χ3n) is 7.17. The monoisotopic (exact) mass is 556 g/mol. The molecule has 0 saturated carbocycles. The summed E-state index contributed by atoms with van der Waals surface area (Å²) in [7, 11) is 1.80. The van der Waals surface area contributed by atoms with Gasteiger partial charge in [-0.15, -0.1) is 0 Å². The summed E-state index contributed by atoms with van der Waals surface area (Å²) in [5.41, 5.74) is 5.07. The van der Waals surface area contributed by atoms with Gasteiger partial charge in [-0.3, -0.25) is 9.59 Å². The maximum absolute atomic E-state index is 13.4. The quantitative estimate of drug-likeness (QED) is 0.247. The Morgan fingerprint density at radius 2 is 1.51 bits per heavy atom. The first-order valence-corrected chi connectivity index (χ1v) is 14.3. The van der Waals surface area contributed by atoms with Gasteiger partial charge in [0.25, 0.3) is 5.91 Å². The second-order valence-electron chi connectivity index (χ2n) is 9.68. The van der Waals surface area contributed by atoms with Crippen LogP contribution in [-0.2, 0) is 9.59 Å². The molecule has 8 heteroatoms. The Labute approximate surface area is 242 Å². The van der Waals surface area contributed by atoms with Gasteiger partial charge < -0.3 is 29.9 Å². The number of amides is 2. The zero-order chi connectivity index (χ0) is 29.4. The van der Waals surface area contributed by atoms with Crippen LogP contribution in [-0.4, -0.2) is 56.6 Å². The van der Waals surface area contributed by atoms with E-state index in [1.165, 1.54) is 0 Å². The number of benzene rings is 3. The number of carbonyl (C=O) groups excluding carboxylic acids is 2. The molecule has 0 radical (unpaired) electrons. The van der Waals surface area contributed by atoms with Crippen LogP contribution >= 0.6 is 0 Å². The van der Waals surface area contributed by atoms with Gasteiger partial charge in [-0.2, -0.15) is 0 Å². The van der Waals surface area contributed by atoms with Crippen LogP contribution in [0.15, 0.2) is 66.7 Å². The number of fused-ring (bicyclic) bond motifs is 1. The molecule has 0 atom stereocenters. The zero-order valence-corrected chi connectivity index (χ0v) is 24.6. The minimum absolute atomic E-state index is 0.0699. The SMILES string of the molecule is CCOc1cc2c(cc1OCC)/C(=C(/Nc1ccc(N(C)C(=O)CCN(CC)CC)cc1)c1ccccc1)C(=O)N2. The van der Waals surface area contributed by atoms with Crippen molar-refractivity contribution < 1.29 is 19.1 Å². The van der Waals surface area contributed by atoms with Gasteiger partial charge in [-0.05, 0) is 62.8 Å². The highest BCUT2D eigenvalue weighted by molar-refractivity contribution is 6.37. The lowest BCUT2D eigenvalue weighted by Crippen LogP contribution is -2.32. The van der Waals surface area contributed by atoms with Crippen molar-refractivity contribution in [3.63, 3.8) is 0 Å². The van der Waals surface area contributed by atoms with Crippen molar-refractivity contribution in [2.24, 2.45) is 0 Å². The van der Waals surface area contributed by atoms with E-state index in [-0.39, 0.29) is 11.8 Å². The second kappa shape index (κ2) is 13.9. The van der Waals surface area contributed by atoms with Crippen molar-refractivity contribution in [3.05, 3.63) is 77.9 Å². The molecule has 41 heavy (non-hydrogen) atoms. The van der Waals surface area contributed by atoms with E-state index >= 15 is 0 Å². The molecule has 0 saturated heterocycles. The number of anilines is 3. The normalized spacial score (nSPS) is 13.5. The van der Waals surface area contributed by atoms with Crippen LogP contribution in [0.25, 0.3) is 11.3 Å². The highest BCUT2D eigenvalue weighted by atomic mass is 16.5. The summed E-state index contributed by atoms with van der Waals surface area (Å²) in [5, 5.41) is 6.48. The van der Waals surface area contributed by atoms with Crippen molar-refractivity contribution >= 4 is 40.1 Å². The lowest BCUT2D eigenvalue weighted by molar-refractivity contribution is -0.118. The van der Waals surface area contributed by atoms with E-state index in [1.807, 2.05) is 80.6 Å². The zero-order valence-electron chi connectivity index (χ0n) is 24.6. The third-order valence-corrected chi connectivity index (χ3v) is 7.17. The number of nitrogens with zero attached hydrogens (tertiary/aromatic N) is 2. The minimum Gasteiger partial charge on any atom is -0.490 e. The fourth-order valence-electron chi connectivity index (χ4n) is 4.86. The molecule has 2 amide bonds. The first-order valence-electron chi connectivity index (χ1n) is 14.3. The van der Waals surface area contributed by atoms with Gasteiger partial charge in [-0.1, -0.05) is 44.2 Å². The number of hydrogen-bond acceptors (Lipinski definition) is 6. The minimum atomic E-state index is -0.211.